The second-order valence-electron chi connectivity index (χ2n) is 9.95. The molecule has 27 heavy (non-hydrogen) atoms. The third kappa shape index (κ3) is 5.62. The van der Waals surface area contributed by atoms with Crippen molar-refractivity contribution in [3.05, 3.63) is 0 Å². The summed E-state index contributed by atoms with van der Waals surface area (Å²) in [6.45, 7) is 14.2. The summed E-state index contributed by atoms with van der Waals surface area (Å²) in [7, 11) is 0. The average molecular weight is 380 g/mol. The Morgan fingerprint density at radius 2 is 1.85 bits per heavy atom. The Balaban J connectivity index is 2.07. The molecule has 158 valence electrons. The molecule has 1 saturated carbocycles. The zero-order valence-corrected chi connectivity index (χ0v) is 18.5. The Kier molecular flexibility index (Phi) is 8.45. The summed E-state index contributed by atoms with van der Waals surface area (Å²) in [4.78, 5) is 11.0. The number of amides is 2. The lowest BCUT2D eigenvalue weighted by Gasteiger charge is -2.54. The van der Waals surface area contributed by atoms with Gasteiger partial charge in [-0.15, -0.1) is 0 Å². The van der Waals surface area contributed by atoms with E-state index in [9.17, 15) is 4.79 Å². The molecule has 2 fully saturated rings. The molecule has 4 heteroatoms. The maximum Gasteiger partial charge on any atom is 0.312 e. The first kappa shape index (κ1) is 22.5. The smallest absolute Gasteiger partial charge is 0.312 e. The first-order valence-electron chi connectivity index (χ1n) is 11.5. The molecular formula is C23H45N3O. The monoisotopic (exact) mass is 379 g/mol. The number of fused-ring (bicyclic) bond motifs is 1. The molecule has 4 nitrogen and oxygen atoms in total. The van der Waals surface area contributed by atoms with Crippen LogP contribution in [0.15, 0.2) is 0 Å². The van der Waals surface area contributed by atoms with Crippen molar-refractivity contribution in [1.29, 1.82) is 0 Å². The zero-order chi connectivity index (χ0) is 20.0. The molecule has 0 aromatic carbocycles. The van der Waals surface area contributed by atoms with Crippen LogP contribution < -0.4 is 16.4 Å². The fraction of sp³-hybridized carbons (Fsp3) is 0.957. The molecule has 0 radical (unpaired) electrons. The lowest BCUT2D eigenvalue weighted by atomic mass is 9.52. The van der Waals surface area contributed by atoms with Gasteiger partial charge in [-0.25, -0.2) is 4.79 Å². The van der Waals surface area contributed by atoms with Crippen LogP contribution >= 0.6 is 0 Å². The quantitative estimate of drug-likeness (QED) is 0.634. The minimum atomic E-state index is -0.405. The highest BCUT2D eigenvalue weighted by Crippen LogP contribution is 2.55. The van der Waals surface area contributed by atoms with Crippen LogP contribution in [0.4, 0.5) is 4.79 Å². The van der Waals surface area contributed by atoms with Crippen molar-refractivity contribution < 1.29 is 4.79 Å². The van der Waals surface area contributed by atoms with E-state index in [1.54, 1.807) is 0 Å². The molecule has 2 aliphatic rings. The SMILES string of the molecule is CC([C@H](C)CCNC(N)=O)[C@@]1(C)CCC2[C@@H](CCCCCCN[C@@H]2C)[C@@H]1C. The zero-order valence-electron chi connectivity index (χ0n) is 18.5. The number of urea groups is 1. The molecular weight excluding hydrogens is 334 g/mol. The maximum absolute atomic E-state index is 11.0. The topological polar surface area (TPSA) is 67.1 Å². The summed E-state index contributed by atoms with van der Waals surface area (Å²) in [6.07, 6.45) is 10.6. The van der Waals surface area contributed by atoms with E-state index >= 15 is 0 Å². The van der Waals surface area contributed by atoms with E-state index < -0.39 is 6.03 Å². The Morgan fingerprint density at radius 1 is 1.15 bits per heavy atom. The predicted octanol–water partition coefficient (Wildman–Crippen LogP) is 4.93. The summed E-state index contributed by atoms with van der Waals surface area (Å²) in [6, 6.07) is 0.241. The number of hydrogen-bond donors (Lipinski definition) is 3. The van der Waals surface area contributed by atoms with E-state index in [4.69, 9.17) is 5.73 Å². The van der Waals surface area contributed by atoms with Crippen LogP contribution in [-0.4, -0.2) is 25.2 Å². The van der Waals surface area contributed by atoms with Gasteiger partial charge in [0.05, 0.1) is 0 Å². The van der Waals surface area contributed by atoms with Crippen molar-refractivity contribution in [2.75, 3.05) is 13.1 Å². The van der Waals surface area contributed by atoms with Crippen molar-refractivity contribution in [2.24, 2.45) is 40.7 Å². The molecule has 1 saturated heterocycles. The summed E-state index contributed by atoms with van der Waals surface area (Å²) < 4.78 is 0. The van der Waals surface area contributed by atoms with Gasteiger partial charge >= 0.3 is 6.03 Å². The number of hydrogen-bond acceptors (Lipinski definition) is 2. The fourth-order valence-corrected chi connectivity index (χ4v) is 6.17. The fourth-order valence-electron chi connectivity index (χ4n) is 6.17. The van der Waals surface area contributed by atoms with Gasteiger partial charge in [-0.1, -0.05) is 47.0 Å². The van der Waals surface area contributed by atoms with E-state index in [1.165, 1.54) is 51.5 Å². The largest absolute Gasteiger partial charge is 0.352 e. The summed E-state index contributed by atoms with van der Waals surface area (Å²) >= 11 is 0. The minimum absolute atomic E-state index is 0.386. The van der Waals surface area contributed by atoms with Crippen molar-refractivity contribution >= 4 is 6.03 Å². The Bertz CT molecular complexity index is 469. The van der Waals surface area contributed by atoms with Crippen LogP contribution in [0.3, 0.4) is 0 Å². The van der Waals surface area contributed by atoms with Crippen LogP contribution in [0.5, 0.6) is 0 Å². The van der Waals surface area contributed by atoms with Gasteiger partial charge in [0.15, 0.2) is 0 Å². The molecule has 0 bridgehead atoms. The highest BCUT2D eigenvalue weighted by atomic mass is 16.2. The predicted molar refractivity (Wildman–Crippen MR) is 115 cm³/mol. The van der Waals surface area contributed by atoms with Gasteiger partial charge in [0, 0.05) is 12.6 Å². The number of nitrogens with two attached hydrogens (primary N) is 1. The van der Waals surface area contributed by atoms with Crippen LogP contribution in [-0.2, 0) is 0 Å². The summed E-state index contributed by atoms with van der Waals surface area (Å²) in [5.41, 5.74) is 5.61. The van der Waals surface area contributed by atoms with Gasteiger partial charge in [-0.05, 0) is 80.6 Å². The molecule has 0 spiro atoms. The minimum Gasteiger partial charge on any atom is -0.352 e. The lowest BCUT2D eigenvalue weighted by Crippen LogP contribution is -2.50. The van der Waals surface area contributed by atoms with Gasteiger partial charge in [0.1, 0.15) is 0 Å². The standard InChI is InChI=1S/C23H45N3O/c1-16(12-15-26-22(24)27)17(2)23(5)13-11-21-19(4)25-14-9-7-6-8-10-20(21)18(23)3/h16-21,25H,6-15H2,1-5H3,(H3,24,26,27)/t16-,17?,18+,19-,20+,21?,23-/m1/s1. The van der Waals surface area contributed by atoms with E-state index in [-0.39, 0.29) is 0 Å². The second kappa shape index (κ2) is 10.1. The maximum atomic E-state index is 11.0. The summed E-state index contributed by atoms with van der Waals surface area (Å²) in [5.74, 6) is 3.66. The van der Waals surface area contributed by atoms with E-state index in [0.29, 0.717) is 29.8 Å². The van der Waals surface area contributed by atoms with E-state index in [0.717, 1.165) is 24.2 Å². The highest BCUT2D eigenvalue weighted by Gasteiger charge is 2.48. The molecule has 1 aliphatic carbocycles. The van der Waals surface area contributed by atoms with Crippen LogP contribution in [0.1, 0.15) is 86.0 Å². The number of carbonyl (C=O) groups is 1. The van der Waals surface area contributed by atoms with Crippen LogP contribution in [0, 0.1) is 35.0 Å². The first-order valence-corrected chi connectivity index (χ1v) is 11.5. The molecule has 2 rings (SSSR count). The van der Waals surface area contributed by atoms with Gasteiger partial charge < -0.3 is 16.4 Å². The van der Waals surface area contributed by atoms with Crippen LogP contribution in [0.2, 0.25) is 0 Å². The van der Waals surface area contributed by atoms with Gasteiger partial charge in [0.25, 0.3) is 0 Å². The Morgan fingerprint density at radius 3 is 2.56 bits per heavy atom. The summed E-state index contributed by atoms with van der Waals surface area (Å²) in [5, 5.41) is 6.61. The molecule has 7 atom stereocenters. The van der Waals surface area contributed by atoms with E-state index in [2.05, 4.69) is 45.3 Å². The van der Waals surface area contributed by atoms with Gasteiger partial charge in [-0.3, -0.25) is 0 Å². The number of nitrogens with one attached hydrogen (secondary N) is 2. The van der Waals surface area contributed by atoms with Gasteiger partial charge in [-0.2, -0.15) is 0 Å². The van der Waals surface area contributed by atoms with Crippen molar-refractivity contribution in [2.45, 2.75) is 92.0 Å². The average Bonchev–Trinajstić information content (AvgIpc) is 2.63. The second-order valence-corrected chi connectivity index (χ2v) is 9.95. The van der Waals surface area contributed by atoms with Crippen molar-refractivity contribution in [1.82, 2.24) is 10.6 Å². The third-order valence-corrected chi connectivity index (χ3v) is 8.61. The number of primary amides is 1. The molecule has 2 amide bonds. The molecule has 0 aromatic rings. The van der Waals surface area contributed by atoms with Gasteiger partial charge in [0.2, 0.25) is 0 Å². The highest BCUT2D eigenvalue weighted by molar-refractivity contribution is 5.71. The van der Waals surface area contributed by atoms with Crippen molar-refractivity contribution in [3.8, 4) is 0 Å². The molecule has 1 heterocycles. The normalized spacial score (nSPS) is 37.7. The van der Waals surface area contributed by atoms with E-state index in [1.807, 2.05) is 0 Å². The molecule has 0 aromatic heterocycles. The lowest BCUT2D eigenvalue weighted by molar-refractivity contribution is -0.0443. The number of rotatable bonds is 5. The molecule has 2 unspecified atom stereocenters. The Hall–Kier alpha value is -0.770. The molecule has 1 aliphatic heterocycles. The molecule has 4 N–H and O–H groups in total. The van der Waals surface area contributed by atoms with Crippen molar-refractivity contribution in [3.63, 3.8) is 0 Å². The van der Waals surface area contributed by atoms with Crippen LogP contribution in [0.25, 0.3) is 0 Å². The third-order valence-electron chi connectivity index (χ3n) is 8.61. The number of carbonyl (C=O) groups excluding carboxylic acids is 1. The first-order chi connectivity index (χ1) is 12.8. The Labute approximate surface area is 167 Å².